The Hall–Kier alpha value is -2.92. The van der Waals surface area contributed by atoms with Crippen molar-refractivity contribution in [1.82, 2.24) is 5.32 Å². The third-order valence-electron chi connectivity index (χ3n) is 10.3. The summed E-state index contributed by atoms with van der Waals surface area (Å²) in [4.78, 5) is 74.4. The Morgan fingerprint density at radius 2 is 1.80 bits per heavy atom. The van der Waals surface area contributed by atoms with Crippen molar-refractivity contribution < 1.29 is 48.8 Å². The molecule has 0 saturated heterocycles. The quantitative estimate of drug-likeness (QED) is 0.299. The Labute approximate surface area is 232 Å². The largest absolute Gasteiger partial charge is 0.480 e. The van der Waals surface area contributed by atoms with Gasteiger partial charge in [0.05, 0.1) is 12.5 Å². The van der Waals surface area contributed by atoms with E-state index in [9.17, 15) is 39.0 Å². The molecule has 1 amide bonds. The van der Waals surface area contributed by atoms with Gasteiger partial charge in [0.25, 0.3) is 0 Å². The van der Waals surface area contributed by atoms with Gasteiger partial charge in [-0.05, 0) is 62.4 Å². The average Bonchev–Trinajstić information content (AvgIpc) is 3.15. The van der Waals surface area contributed by atoms with Crippen LogP contribution in [-0.4, -0.2) is 74.9 Å². The van der Waals surface area contributed by atoms with E-state index < -0.39 is 66.2 Å². The number of hydrogen-bond acceptors (Lipinski definition) is 9. The summed E-state index contributed by atoms with van der Waals surface area (Å²) in [6.45, 7) is 4.35. The van der Waals surface area contributed by atoms with Crippen LogP contribution in [0.1, 0.15) is 78.6 Å². The minimum absolute atomic E-state index is 0.000746. The van der Waals surface area contributed by atoms with Crippen LogP contribution < -0.4 is 5.32 Å². The summed E-state index contributed by atoms with van der Waals surface area (Å²) in [5.74, 6) is -4.01. The van der Waals surface area contributed by atoms with Crippen LogP contribution in [0.15, 0.2) is 11.6 Å². The lowest BCUT2D eigenvalue weighted by atomic mass is 9.46. The lowest BCUT2D eigenvalue weighted by molar-refractivity contribution is -0.173. The fourth-order valence-corrected chi connectivity index (χ4v) is 8.03. The van der Waals surface area contributed by atoms with Crippen LogP contribution in [0.25, 0.3) is 0 Å². The number of ether oxygens (including phenoxy) is 1. The van der Waals surface area contributed by atoms with E-state index in [4.69, 9.17) is 9.84 Å². The highest BCUT2D eigenvalue weighted by atomic mass is 16.5. The number of rotatable bonds is 9. The summed E-state index contributed by atoms with van der Waals surface area (Å²) in [5.41, 5.74) is -2.21. The van der Waals surface area contributed by atoms with E-state index >= 15 is 0 Å². The van der Waals surface area contributed by atoms with Gasteiger partial charge in [0, 0.05) is 30.6 Å². The third-order valence-corrected chi connectivity index (χ3v) is 10.3. The van der Waals surface area contributed by atoms with Crippen molar-refractivity contribution in [2.45, 2.75) is 96.3 Å². The second-order valence-electron chi connectivity index (χ2n) is 12.5. The van der Waals surface area contributed by atoms with Gasteiger partial charge in [-0.1, -0.05) is 19.4 Å². The van der Waals surface area contributed by atoms with E-state index in [1.54, 1.807) is 13.0 Å². The molecule has 4 N–H and O–H groups in total. The number of ketones is 3. The Bertz CT molecular complexity index is 1160. The molecule has 4 rings (SSSR count). The van der Waals surface area contributed by atoms with Crippen LogP contribution >= 0.6 is 0 Å². The summed E-state index contributed by atoms with van der Waals surface area (Å²) < 4.78 is 5.07. The molecule has 11 heteroatoms. The molecule has 8 atom stereocenters. The van der Waals surface area contributed by atoms with Crippen LogP contribution in [0.5, 0.6) is 0 Å². The van der Waals surface area contributed by atoms with Crippen LogP contribution in [0, 0.1) is 28.6 Å². The number of nitrogens with one attached hydrogen (secondary N) is 1. The second-order valence-corrected chi connectivity index (χ2v) is 12.5. The lowest BCUT2D eigenvalue weighted by Crippen LogP contribution is -2.61. The number of allylic oxidation sites excluding steroid dienone is 1. The van der Waals surface area contributed by atoms with E-state index in [-0.39, 0.29) is 47.6 Å². The standard InChI is InChI=1S/C29H39NO10/c1-15(31)25(26(37)38)30-22(35)6-7-23(36)40-14-21(34)29(39)11-9-19-18-5-4-16-12-17(32)8-10-27(16,2)24(18)20(33)13-28(19,29)3/h12,15,18-19,24-25,31,39H,4-11,13-14H2,1-3H3,(H,30,35)(H,37,38)/t15-,18+,19+,24-,25+,27+,28+,29+/m1/s1. The first-order valence-electron chi connectivity index (χ1n) is 14.0. The Morgan fingerprint density at radius 1 is 1.10 bits per heavy atom. The number of hydrogen-bond donors (Lipinski definition) is 4. The second kappa shape index (κ2) is 10.8. The highest BCUT2D eigenvalue weighted by Gasteiger charge is 2.68. The van der Waals surface area contributed by atoms with Crippen molar-refractivity contribution in [3.05, 3.63) is 11.6 Å². The molecule has 3 saturated carbocycles. The van der Waals surface area contributed by atoms with Gasteiger partial charge in [0.15, 0.2) is 18.4 Å². The predicted octanol–water partition coefficient (Wildman–Crippen LogP) is 1.27. The summed E-state index contributed by atoms with van der Waals surface area (Å²) in [7, 11) is 0. The molecule has 0 bridgehead atoms. The SMILES string of the molecule is C[C@@H](O)[C@H](NC(=O)CCC(=O)OCC(=O)[C@@]1(O)CC[C@H]2[C@@H]3CCC4=CC(=O)CC[C@]4(C)[C@H]3C(=O)C[C@@]21C)C(=O)O. The maximum atomic E-state index is 13.7. The van der Waals surface area contributed by atoms with Gasteiger partial charge >= 0.3 is 11.9 Å². The lowest BCUT2D eigenvalue weighted by Gasteiger charge is -2.57. The summed E-state index contributed by atoms with van der Waals surface area (Å²) in [6.07, 6.45) is 2.73. The summed E-state index contributed by atoms with van der Waals surface area (Å²) in [5, 5.41) is 32.3. The number of amides is 1. The zero-order valence-electron chi connectivity index (χ0n) is 23.2. The fourth-order valence-electron chi connectivity index (χ4n) is 8.03. The zero-order valence-corrected chi connectivity index (χ0v) is 23.2. The molecule has 0 radical (unpaired) electrons. The topological polar surface area (TPSA) is 184 Å². The number of aliphatic hydroxyl groups excluding tert-OH is 1. The monoisotopic (exact) mass is 561 g/mol. The Balaban J connectivity index is 1.38. The molecule has 220 valence electrons. The molecule has 40 heavy (non-hydrogen) atoms. The van der Waals surface area contributed by atoms with Crippen molar-refractivity contribution in [1.29, 1.82) is 0 Å². The summed E-state index contributed by atoms with van der Waals surface area (Å²) >= 11 is 0. The number of carbonyl (C=O) groups is 6. The molecule has 0 aromatic heterocycles. The van der Waals surface area contributed by atoms with Crippen molar-refractivity contribution in [3.63, 3.8) is 0 Å². The molecular formula is C29H39NO10. The van der Waals surface area contributed by atoms with Gasteiger partial charge in [-0.2, -0.15) is 0 Å². The highest BCUT2D eigenvalue weighted by Crippen LogP contribution is 2.66. The van der Waals surface area contributed by atoms with E-state index in [2.05, 4.69) is 12.2 Å². The summed E-state index contributed by atoms with van der Waals surface area (Å²) in [6, 6.07) is -1.52. The minimum atomic E-state index is -1.85. The highest BCUT2D eigenvalue weighted by molar-refractivity contribution is 5.95. The minimum Gasteiger partial charge on any atom is -0.480 e. The molecule has 3 fully saturated rings. The molecule has 0 spiro atoms. The van der Waals surface area contributed by atoms with Crippen LogP contribution in [0.4, 0.5) is 0 Å². The Morgan fingerprint density at radius 3 is 2.45 bits per heavy atom. The Kier molecular flexibility index (Phi) is 8.12. The van der Waals surface area contributed by atoms with Crippen molar-refractivity contribution in [3.8, 4) is 0 Å². The van der Waals surface area contributed by atoms with Gasteiger partial charge in [-0.3, -0.25) is 24.0 Å². The molecule has 11 nitrogen and oxygen atoms in total. The number of aliphatic hydroxyl groups is 2. The van der Waals surface area contributed by atoms with E-state index in [0.29, 0.717) is 32.1 Å². The number of carboxylic acids is 1. The first-order chi connectivity index (χ1) is 18.6. The number of fused-ring (bicyclic) bond motifs is 5. The van der Waals surface area contributed by atoms with Gasteiger partial charge in [-0.15, -0.1) is 0 Å². The van der Waals surface area contributed by atoms with Crippen LogP contribution in [0.2, 0.25) is 0 Å². The van der Waals surface area contributed by atoms with E-state index in [0.717, 1.165) is 5.57 Å². The van der Waals surface area contributed by atoms with Crippen molar-refractivity contribution in [2.75, 3.05) is 6.61 Å². The average molecular weight is 562 g/mol. The first kappa shape index (κ1) is 30.0. The maximum absolute atomic E-state index is 13.7. The molecule has 4 aliphatic carbocycles. The fraction of sp³-hybridized carbons (Fsp3) is 0.724. The van der Waals surface area contributed by atoms with E-state index in [1.165, 1.54) is 6.92 Å². The van der Waals surface area contributed by atoms with Crippen molar-refractivity contribution in [2.24, 2.45) is 28.6 Å². The molecule has 0 unspecified atom stereocenters. The molecule has 0 aliphatic heterocycles. The van der Waals surface area contributed by atoms with E-state index in [1.807, 2.05) is 0 Å². The number of aliphatic carboxylic acids is 1. The van der Waals surface area contributed by atoms with Gasteiger partial charge in [-0.25, -0.2) is 4.79 Å². The maximum Gasteiger partial charge on any atom is 0.328 e. The normalized spacial score (nSPS) is 36.3. The van der Waals surface area contributed by atoms with Crippen LogP contribution in [-0.2, 0) is 33.5 Å². The zero-order chi connectivity index (χ0) is 29.6. The van der Waals surface area contributed by atoms with Crippen molar-refractivity contribution >= 4 is 35.2 Å². The predicted molar refractivity (Wildman–Crippen MR) is 138 cm³/mol. The first-order valence-corrected chi connectivity index (χ1v) is 14.0. The van der Waals surface area contributed by atoms with Crippen LogP contribution in [0.3, 0.4) is 0 Å². The van der Waals surface area contributed by atoms with Gasteiger partial charge < -0.3 is 25.4 Å². The van der Waals surface area contributed by atoms with Gasteiger partial charge in [0.2, 0.25) is 11.7 Å². The number of carbonyl (C=O) groups excluding carboxylic acids is 5. The molecule has 4 aliphatic rings. The number of carboxylic acid groups (broad SMARTS) is 1. The number of esters is 1. The molecular weight excluding hydrogens is 522 g/mol. The smallest absolute Gasteiger partial charge is 0.328 e. The third kappa shape index (κ3) is 5.02. The number of Topliss-reactive ketones (excluding diaryl/α,β-unsaturated/α-hetero) is 2. The molecule has 0 aromatic carbocycles. The van der Waals surface area contributed by atoms with Gasteiger partial charge in [0.1, 0.15) is 11.4 Å². The molecule has 0 aromatic rings. The molecule has 0 heterocycles.